The van der Waals surface area contributed by atoms with Crippen LogP contribution in [0.3, 0.4) is 0 Å². The molecule has 3 aromatic heterocycles. The van der Waals surface area contributed by atoms with Gasteiger partial charge >= 0.3 is 0 Å². The van der Waals surface area contributed by atoms with Crippen LogP contribution >= 0.6 is 11.6 Å². The molecule has 7 nitrogen and oxygen atoms in total. The molecule has 166 valence electrons. The lowest BCUT2D eigenvalue weighted by atomic mass is 9.84. The molecule has 0 atom stereocenters. The molecule has 0 radical (unpaired) electrons. The van der Waals surface area contributed by atoms with Crippen LogP contribution in [-0.4, -0.2) is 36.3 Å². The number of hydrogen-bond donors (Lipinski definition) is 0. The van der Waals surface area contributed by atoms with Gasteiger partial charge in [-0.15, -0.1) is 10.2 Å². The monoisotopic (exact) mass is 457 g/mol. The van der Waals surface area contributed by atoms with Gasteiger partial charge in [0.25, 0.3) is 0 Å². The first kappa shape index (κ1) is 21.3. The molecule has 1 aliphatic heterocycles. The third-order valence-corrected chi connectivity index (χ3v) is 6.35. The number of likely N-dealkylation sites (N-methyl/N-ethyl adjacent to an activating group) is 1. The van der Waals surface area contributed by atoms with Crippen molar-refractivity contribution in [2.24, 2.45) is 0 Å². The Hall–Kier alpha value is -3.58. The highest BCUT2D eigenvalue weighted by Crippen LogP contribution is 2.48. The molecule has 0 amide bonds. The molecular weight excluding hydrogens is 434 g/mol. The Balaban J connectivity index is 1.50. The molecule has 0 saturated heterocycles. The van der Waals surface area contributed by atoms with Crippen molar-refractivity contribution < 1.29 is 0 Å². The van der Waals surface area contributed by atoms with E-state index in [2.05, 4.69) is 75.2 Å². The van der Waals surface area contributed by atoms with E-state index in [-0.39, 0.29) is 5.41 Å². The predicted molar refractivity (Wildman–Crippen MR) is 131 cm³/mol. The summed E-state index contributed by atoms with van der Waals surface area (Å²) in [6, 6.07) is 6.14. The maximum atomic E-state index is 6.29. The van der Waals surface area contributed by atoms with Crippen molar-refractivity contribution in [1.82, 2.24) is 29.8 Å². The predicted octanol–water partition coefficient (Wildman–Crippen LogP) is 4.30. The second-order valence-corrected chi connectivity index (χ2v) is 8.92. The van der Waals surface area contributed by atoms with Crippen molar-refractivity contribution >= 4 is 29.0 Å². The Morgan fingerprint density at radius 1 is 1.09 bits per heavy atom. The highest BCUT2D eigenvalue weighted by Gasteiger charge is 2.39. The quantitative estimate of drug-likeness (QED) is 0.455. The van der Waals surface area contributed by atoms with Crippen LogP contribution in [0.4, 0.5) is 5.69 Å². The van der Waals surface area contributed by atoms with E-state index in [1.165, 1.54) is 16.9 Å². The molecule has 0 saturated carbocycles. The minimum atomic E-state index is -0.135. The first-order valence-corrected chi connectivity index (χ1v) is 11.2. The van der Waals surface area contributed by atoms with Crippen molar-refractivity contribution in [3.8, 4) is 11.5 Å². The standard InChI is InChI=1S/C25H24ClN7/c1-5-32-21-11-10-17(26)14-19(21)25(3,4)22(32)9-7-6-8-18-16(2)31-33-23(18)29-30-24(33)20-15-27-12-13-28-20/h6-15H,5H2,1-4H3/b7-6+,18-8-,22-9+. The largest absolute Gasteiger partial charge is 0.344 e. The SMILES string of the molecule is CCN1/C(=C/C=C/C=c2/c(C)nn3c(-c4cnccn4)nnc23)C(C)(C)c2cc(Cl)ccc21. The smallest absolute Gasteiger partial charge is 0.205 e. The summed E-state index contributed by atoms with van der Waals surface area (Å²) in [6.45, 7) is 9.49. The summed E-state index contributed by atoms with van der Waals surface area (Å²) < 4.78 is 1.72. The van der Waals surface area contributed by atoms with E-state index in [1.807, 2.05) is 25.1 Å². The van der Waals surface area contributed by atoms with E-state index in [0.29, 0.717) is 17.2 Å². The van der Waals surface area contributed by atoms with Gasteiger partial charge < -0.3 is 4.90 Å². The summed E-state index contributed by atoms with van der Waals surface area (Å²) in [7, 11) is 0. The Morgan fingerprint density at radius 2 is 1.91 bits per heavy atom. The minimum Gasteiger partial charge on any atom is -0.344 e. The fraction of sp³-hybridized carbons (Fsp3) is 0.240. The Kier molecular flexibility index (Phi) is 5.21. The van der Waals surface area contributed by atoms with Crippen LogP contribution in [0.2, 0.25) is 5.02 Å². The van der Waals surface area contributed by atoms with Gasteiger partial charge in [0.15, 0.2) is 5.65 Å². The fourth-order valence-corrected chi connectivity index (χ4v) is 4.64. The second kappa shape index (κ2) is 8.08. The molecule has 33 heavy (non-hydrogen) atoms. The summed E-state index contributed by atoms with van der Waals surface area (Å²) >= 11 is 6.29. The van der Waals surface area contributed by atoms with E-state index in [9.17, 15) is 0 Å². The van der Waals surface area contributed by atoms with E-state index in [4.69, 9.17) is 11.6 Å². The lowest BCUT2D eigenvalue weighted by Crippen LogP contribution is -2.25. The van der Waals surface area contributed by atoms with Gasteiger partial charge in [-0.1, -0.05) is 37.6 Å². The van der Waals surface area contributed by atoms with Crippen LogP contribution in [0.15, 0.2) is 60.7 Å². The van der Waals surface area contributed by atoms with Gasteiger partial charge in [-0.25, -0.2) is 4.98 Å². The van der Waals surface area contributed by atoms with Gasteiger partial charge in [0.05, 0.1) is 11.9 Å². The number of aryl methyl sites for hydroxylation is 1. The van der Waals surface area contributed by atoms with Gasteiger partial charge in [-0.05, 0) is 49.8 Å². The average molecular weight is 458 g/mol. The minimum absolute atomic E-state index is 0.135. The third-order valence-electron chi connectivity index (χ3n) is 6.11. The molecule has 1 aliphatic rings. The highest BCUT2D eigenvalue weighted by atomic mass is 35.5. The Morgan fingerprint density at radius 3 is 2.67 bits per heavy atom. The molecule has 4 heterocycles. The van der Waals surface area contributed by atoms with Crippen LogP contribution in [0.5, 0.6) is 0 Å². The zero-order valence-corrected chi connectivity index (χ0v) is 19.7. The number of fused-ring (bicyclic) bond motifs is 2. The zero-order chi connectivity index (χ0) is 23.2. The van der Waals surface area contributed by atoms with Crippen molar-refractivity contribution in [3.63, 3.8) is 0 Å². The van der Waals surface area contributed by atoms with Crippen LogP contribution in [0.25, 0.3) is 23.2 Å². The summed E-state index contributed by atoms with van der Waals surface area (Å²) in [5, 5.41) is 14.9. The number of benzene rings is 1. The van der Waals surface area contributed by atoms with Gasteiger partial charge in [-0.3, -0.25) is 4.98 Å². The van der Waals surface area contributed by atoms with Gasteiger partial charge in [0.2, 0.25) is 5.82 Å². The second-order valence-electron chi connectivity index (χ2n) is 8.48. The molecular formula is C25H24ClN7. The normalized spacial score (nSPS) is 17.1. The maximum Gasteiger partial charge on any atom is 0.205 e. The van der Waals surface area contributed by atoms with Crippen molar-refractivity contribution in [3.05, 3.63) is 82.2 Å². The lowest BCUT2D eigenvalue weighted by molar-refractivity contribution is 0.634. The van der Waals surface area contributed by atoms with E-state index < -0.39 is 0 Å². The first-order valence-electron chi connectivity index (χ1n) is 10.9. The summed E-state index contributed by atoms with van der Waals surface area (Å²) in [4.78, 5) is 10.8. The molecule has 0 spiro atoms. The summed E-state index contributed by atoms with van der Waals surface area (Å²) in [5.41, 5.74) is 5.78. The van der Waals surface area contributed by atoms with Crippen molar-refractivity contribution in [2.45, 2.75) is 33.1 Å². The topological polar surface area (TPSA) is 72.1 Å². The summed E-state index contributed by atoms with van der Waals surface area (Å²) in [5.74, 6) is 0.578. The van der Waals surface area contributed by atoms with E-state index in [0.717, 1.165) is 22.5 Å². The molecule has 0 N–H and O–H groups in total. The Bertz CT molecular complexity index is 1450. The molecule has 5 rings (SSSR count). The van der Waals surface area contributed by atoms with Gasteiger partial charge in [0, 0.05) is 46.0 Å². The average Bonchev–Trinajstić information content (AvgIpc) is 3.41. The number of anilines is 1. The molecule has 0 aliphatic carbocycles. The highest BCUT2D eigenvalue weighted by molar-refractivity contribution is 6.30. The first-order chi connectivity index (χ1) is 15.9. The Labute approximate surface area is 197 Å². The van der Waals surface area contributed by atoms with Crippen LogP contribution in [0.1, 0.15) is 32.0 Å². The number of aromatic nitrogens is 6. The molecule has 0 unspecified atom stereocenters. The fourth-order valence-electron chi connectivity index (χ4n) is 4.46. The van der Waals surface area contributed by atoms with Crippen LogP contribution in [0, 0.1) is 6.92 Å². The van der Waals surface area contributed by atoms with Crippen LogP contribution < -0.4 is 10.1 Å². The third kappa shape index (κ3) is 3.49. The maximum absolute atomic E-state index is 6.29. The number of nitrogens with zero attached hydrogens (tertiary/aromatic N) is 7. The number of allylic oxidation sites excluding steroid dienone is 4. The number of halogens is 1. The van der Waals surface area contributed by atoms with Crippen molar-refractivity contribution in [2.75, 3.05) is 11.4 Å². The van der Waals surface area contributed by atoms with Crippen LogP contribution in [-0.2, 0) is 5.41 Å². The van der Waals surface area contributed by atoms with E-state index >= 15 is 0 Å². The molecule has 8 heteroatoms. The molecule has 0 fully saturated rings. The molecule has 4 aromatic rings. The van der Waals surface area contributed by atoms with E-state index in [1.54, 1.807) is 23.1 Å². The molecule has 0 bridgehead atoms. The summed E-state index contributed by atoms with van der Waals surface area (Å²) in [6.07, 6.45) is 13.2. The van der Waals surface area contributed by atoms with Gasteiger partial charge in [0.1, 0.15) is 5.69 Å². The number of rotatable bonds is 4. The van der Waals surface area contributed by atoms with Crippen molar-refractivity contribution in [1.29, 1.82) is 0 Å². The lowest BCUT2D eigenvalue weighted by Gasteiger charge is -2.25. The van der Waals surface area contributed by atoms with Gasteiger partial charge in [-0.2, -0.15) is 9.61 Å². The zero-order valence-electron chi connectivity index (χ0n) is 19.0. The number of hydrogen-bond acceptors (Lipinski definition) is 6. The molecule has 1 aromatic carbocycles.